The number of phenols is 2. The number of hydrogen-bond donors (Lipinski definition) is 8. The SMILES string of the molecule is CN1CCC(c2ccccc2)(c2cc(CCCNC(=O)c3ccc(CNC[C@H](O)c4ccc(O)c5c4OCC(=O)N5)cc3)ccc2O)CC1.O=CO.O=CO. The number of carboxylic acid groups (broad SMARTS) is 2. The maximum absolute atomic E-state index is 12.9. The van der Waals surface area contributed by atoms with Gasteiger partial charge in [-0.3, -0.25) is 19.2 Å². The number of aryl methyl sites for hydroxylation is 1. The number of piperidine rings is 1. The van der Waals surface area contributed by atoms with E-state index >= 15 is 0 Å². The van der Waals surface area contributed by atoms with E-state index in [1.54, 1.807) is 18.2 Å². The van der Waals surface area contributed by atoms with Crippen LogP contribution in [0.25, 0.3) is 0 Å². The first-order valence-corrected chi connectivity index (χ1v) is 17.8. The molecule has 2 aliphatic rings. The van der Waals surface area contributed by atoms with Crippen molar-refractivity contribution in [2.75, 3.05) is 45.2 Å². The normalized spacial score (nSPS) is 14.9. The predicted octanol–water partition coefficient (Wildman–Crippen LogP) is 4.03. The van der Waals surface area contributed by atoms with Crippen molar-refractivity contribution >= 4 is 30.4 Å². The molecule has 55 heavy (non-hydrogen) atoms. The Morgan fingerprint density at radius 2 is 1.56 bits per heavy atom. The van der Waals surface area contributed by atoms with Gasteiger partial charge in [0, 0.05) is 41.7 Å². The van der Waals surface area contributed by atoms with E-state index in [-0.39, 0.29) is 60.5 Å². The number of nitrogens with one attached hydrogen (secondary N) is 3. The molecule has 4 aromatic rings. The summed E-state index contributed by atoms with van der Waals surface area (Å²) < 4.78 is 5.47. The third-order valence-electron chi connectivity index (χ3n) is 9.69. The molecule has 0 spiro atoms. The number of aliphatic hydroxyl groups excluding tert-OH is 1. The summed E-state index contributed by atoms with van der Waals surface area (Å²) in [7, 11) is 2.14. The molecule has 0 bridgehead atoms. The highest BCUT2D eigenvalue weighted by molar-refractivity contribution is 5.97. The van der Waals surface area contributed by atoms with Crippen molar-refractivity contribution in [2.45, 2.75) is 43.7 Å². The standard InChI is InChI=1S/C39H44N4O6.2CH2O2/c1-43-20-17-39(18-21-43,29-7-3-2-4-8-29)31-22-26(11-15-32(31)44)6-5-19-41-38(48)28-12-9-27(10-13-28)23-40-24-34(46)30-14-16-33(45)36-37(30)49-25-35(47)42-36;2*2-1-3/h2-4,7-16,22,34,40,44-46H,5-6,17-21,23-25H2,1H3,(H,41,48)(H,42,47);2*1H,(H,2,3)/t34-;;/m0../s1. The number of fused-ring (bicyclic) bond motifs is 1. The van der Waals surface area contributed by atoms with Crippen LogP contribution in [-0.2, 0) is 32.8 Å². The number of aliphatic hydroxyl groups is 1. The molecule has 0 aromatic heterocycles. The lowest BCUT2D eigenvalue weighted by Crippen LogP contribution is -2.41. The highest BCUT2D eigenvalue weighted by Crippen LogP contribution is 2.45. The van der Waals surface area contributed by atoms with E-state index in [9.17, 15) is 24.9 Å². The molecule has 0 aliphatic carbocycles. The molecule has 14 nitrogen and oxygen atoms in total. The van der Waals surface area contributed by atoms with Crippen molar-refractivity contribution in [1.82, 2.24) is 15.5 Å². The minimum absolute atomic E-state index is 0.123. The van der Waals surface area contributed by atoms with Gasteiger partial charge in [-0.05, 0) is 92.8 Å². The minimum atomic E-state index is -0.929. The summed E-state index contributed by atoms with van der Waals surface area (Å²) in [4.78, 5) is 43.6. The van der Waals surface area contributed by atoms with Crippen LogP contribution >= 0.6 is 0 Å². The molecule has 2 aliphatic heterocycles. The molecule has 1 fully saturated rings. The van der Waals surface area contributed by atoms with Gasteiger partial charge in [0.05, 0.1) is 6.10 Å². The number of benzene rings is 4. The second-order valence-corrected chi connectivity index (χ2v) is 13.2. The summed E-state index contributed by atoms with van der Waals surface area (Å²) >= 11 is 0. The van der Waals surface area contributed by atoms with Gasteiger partial charge < -0.3 is 51.1 Å². The lowest BCUT2D eigenvalue weighted by atomic mass is 9.67. The zero-order valence-electron chi connectivity index (χ0n) is 30.6. The van der Waals surface area contributed by atoms with Crippen molar-refractivity contribution in [3.63, 3.8) is 0 Å². The monoisotopic (exact) mass is 756 g/mol. The molecule has 292 valence electrons. The first kappa shape index (κ1) is 41.8. The van der Waals surface area contributed by atoms with Crippen LogP contribution in [0.15, 0.2) is 84.9 Å². The van der Waals surface area contributed by atoms with Crippen LogP contribution in [0.2, 0.25) is 0 Å². The average Bonchev–Trinajstić information content (AvgIpc) is 3.19. The van der Waals surface area contributed by atoms with E-state index in [1.807, 2.05) is 30.3 Å². The van der Waals surface area contributed by atoms with Crippen molar-refractivity contribution in [3.8, 4) is 17.2 Å². The summed E-state index contributed by atoms with van der Waals surface area (Å²) in [5.74, 6) is -0.0294. The number of likely N-dealkylation sites (tertiary alicyclic amines) is 1. The Balaban J connectivity index is 0.00000105. The van der Waals surface area contributed by atoms with E-state index in [1.165, 1.54) is 11.6 Å². The number of rotatable bonds is 12. The molecular formula is C41H48N4O10. The molecule has 1 atom stereocenters. The summed E-state index contributed by atoms with van der Waals surface area (Å²) in [6, 6.07) is 26.8. The number of carbonyl (C=O) groups is 4. The number of hydrogen-bond acceptors (Lipinski definition) is 10. The second-order valence-electron chi connectivity index (χ2n) is 13.2. The van der Waals surface area contributed by atoms with Gasteiger partial charge in [-0.2, -0.15) is 0 Å². The first-order valence-electron chi connectivity index (χ1n) is 17.8. The second kappa shape index (κ2) is 20.5. The molecule has 1 saturated heterocycles. The fourth-order valence-electron chi connectivity index (χ4n) is 6.87. The number of ether oxygens (including phenoxy) is 1. The fourth-order valence-corrected chi connectivity index (χ4v) is 6.87. The van der Waals surface area contributed by atoms with Gasteiger partial charge in [-0.25, -0.2) is 0 Å². The number of carbonyl (C=O) groups excluding carboxylic acids is 2. The molecule has 14 heteroatoms. The third kappa shape index (κ3) is 11.0. The van der Waals surface area contributed by atoms with Gasteiger partial charge >= 0.3 is 0 Å². The first-order chi connectivity index (χ1) is 26.6. The van der Waals surface area contributed by atoms with E-state index in [0.29, 0.717) is 30.0 Å². The number of phenolic OH excluding ortho intramolecular Hbond substituents is 2. The van der Waals surface area contributed by atoms with Crippen molar-refractivity contribution in [2.24, 2.45) is 0 Å². The van der Waals surface area contributed by atoms with Crippen LogP contribution in [0.1, 0.15) is 63.5 Å². The third-order valence-corrected chi connectivity index (χ3v) is 9.69. The molecule has 0 radical (unpaired) electrons. The lowest BCUT2D eigenvalue weighted by Gasteiger charge is -2.42. The molecule has 4 aromatic carbocycles. The Hall–Kier alpha value is -5.96. The van der Waals surface area contributed by atoms with Gasteiger partial charge in [-0.15, -0.1) is 0 Å². The van der Waals surface area contributed by atoms with Crippen molar-refractivity contribution in [1.29, 1.82) is 0 Å². The Morgan fingerprint density at radius 3 is 2.24 bits per heavy atom. The van der Waals surface area contributed by atoms with Crippen molar-refractivity contribution < 1.29 is 49.4 Å². The molecule has 2 amide bonds. The zero-order chi connectivity index (χ0) is 39.8. The molecule has 8 N–H and O–H groups in total. The van der Waals surface area contributed by atoms with Gasteiger partial charge in [0.1, 0.15) is 17.2 Å². The molecule has 0 saturated carbocycles. The van der Waals surface area contributed by atoms with Gasteiger partial charge in [-0.1, -0.05) is 54.6 Å². The molecular weight excluding hydrogens is 708 g/mol. The Bertz CT molecular complexity index is 1870. The summed E-state index contributed by atoms with van der Waals surface area (Å²) in [6.45, 7) is 2.45. The fraction of sp³-hybridized carbons (Fsp3) is 0.317. The van der Waals surface area contributed by atoms with Crippen LogP contribution < -0.4 is 20.7 Å². The molecule has 0 unspecified atom stereocenters. The quantitative estimate of drug-likeness (QED) is 0.0584. The van der Waals surface area contributed by atoms with Crippen LogP contribution in [0.5, 0.6) is 17.2 Å². The summed E-state index contributed by atoms with van der Waals surface area (Å²) in [5, 5.41) is 54.4. The number of anilines is 1. The van der Waals surface area contributed by atoms with Gasteiger partial charge in [0.25, 0.3) is 24.8 Å². The van der Waals surface area contributed by atoms with Crippen LogP contribution in [-0.4, -0.2) is 95.0 Å². The Morgan fingerprint density at radius 1 is 0.927 bits per heavy atom. The lowest BCUT2D eigenvalue weighted by molar-refractivity contribution is -0.123. The number of amides is 2. The van der Waals surface area contributed by atoms with Crippen LogP contribution in [0.3, 0.4) is 0 Å². The highest BCUT2D eigenvalue weighted by Gasteiger charge is 2.39. The van der Waals surface area contributed by atoms with E-state index in [2.05, 4.69) is 58.2 Å². The maximum Gasteiger partial charge on any atom is 0.290 e. The zero-order valence-corrected chi connectivity index (χ0v) is 30.6. The Kier molecular flexibility index (Phi) is 15.6. The van der Waals surface area contributed by atoms with Crippen molar-refractivity contribution in [3.05, 3.63) is 118 Å². The van der Waals surface area contributed by atoms with Crippen LogP contribution in [0, 0.1) is 0 Å². The maximum atomic E-state index is 12.9. The number of aromatic hydroxyl groups is 2. The molecule has 6 rings (SSSR count). The van der Waals surface area contributed by atoms with Gasteiger partial charge in [0.2, 0.25) is 0 Å². The average molecular weight is 757 g/mol. The smallest absolute Gasteiger partial charge is 0.290 e. The molecule has 2 heterocycles. The topological polar surface area (TPSA) is 218 Å². The van der Waals surface area contributed by atoms with Crippen LogP contribution in [0.4, 0.5) is 5.69 Å². The largest absolute Gasteiger partial charge is 0.508 e. The van der Waals surface area contributed by atoms with E-state index < -0.39 is 6.10 Å². The van der Waals surface area contributed by atoms with E-state index in [0.717, 1.165) is 55.5 Å². The van der Waals surface area contributed by atoms with Gasteiger partial charge in [0.15, 0.2) is 12.4 Å². The summed E-state index contributed by atoms with van der Waals surface area (Å²) in [5.41, 5.74) is 5.28. The predicted molar refractivity (Wildman–Crippen MR) is 205 cm³/mol. The number of nitrogens with zero attached hydrogens (tertiary/aromatic N) is 1. The minimum Gasteiger partial charge on any atom is -0.508 e. The highest BCUT2D eigenvalue weighted by atomic mass is 16.5. The Labute approximate surface area is 319 Å². The summed E-state index contributed by atoms with van der Waals surface area (Å²) in [6.07, 6.45) is 2.50. The van der Waals surface area contributed by atoms with E-state index in [4.69, 9.17) is 24.5 Å².